The lowest BCUT2D eigenvalue weighted by atomic mass is 9.78. The van der Waals surface area contributed by atoms with Crippen LogP contribution in [0.4, 0.5) is 5.82 Å². The number of rotatable bonds is 3. The van der Waals surface area contributed by atoms with E-state index in [1.807, 2.05) is 6.07 Å². The number of ether oxygens (including phenoxy) is 1. The van der Waals surface area contributed by atoms with Crippen LogP contribution in [0.2, 0.25) is 0 Å². The molecule has 0 saturated carbocycles. The number of hydrogen-bond acceptors (Lipinski definition) is 5. The molecular weight excluding hydrogens is 264 g/mol. The van der Waals surface area contributed by atoms with Crippen LogP contribution in [0.3, 0.4) is 0 Å². The van der Waals surface area contributed by atoms with Gasteiger partial charge in [0.1, 0.15) is 12.1 Å². The predicted molar refractivity (Wildman–Crippen MR) is 83.9 cm³/mol. The average molecular weight is 290 g/mol. The van der Waals surface area contributed by atoms with Crippen molar-refractivity contribution >= 4 is 5.82 Å². The van der Waals surface area contributed by atoms with Crippen molar-refractivity contribution < 1.29 is 4.74 Å². The summed E-state index contributed by atoms with van der Waals surface area (Å²) in [6.45, 7) is 6.92. The third kappa shape index (κ3) is 2.84. The van der Waals surface area contributed by atoms with Crippen LogP contribution in [0, 0.1) is 0 Å². The van der Waals surface area contributed by atoms with Crippen molar-refractivity contribution in [2.75, 3.05) is 38.2 Å². The van der Waals surface area contributed by atoms with E-state index in [2.05, 4.69) is 26.7 Å². The van der Waals surface area contributed by atoms with E-state index in [9.17, 15) is 0 Å². The van der Waals surface area contributed by atoms with Crippen molar-refractivity contribution in [3.8, 4) is 5.88 Å². The Morgan fingerprint density at radius 3 is 2.67 bits per heavy atom. The first-order chi connectivity index (χ1) is 10.3. The summed E-state index contributed by atoms with van der Waals surface area (Å²) in [6.07, 6.45) is 8.19. The third-order valence-electron chi connectivity index (χ3n) is 5.23. The molecular formula is C16H26N4O. The van der Waals surface area contributed by atoms with Gasteiger partial charge in [0.05, 0.1) is 7.11 Å². The van der Waals surface area contributed by atoms with Gasteiger partial charge in [-0.3, -0.25) is 4.90 Å². The van der Waals surface area contributed by atoms with Gasteiger partial charge in [-0.25, -0.2) is 9.97 Å². The van der Waals surface area contributed by atoms with E-state index in [4.69, 9.17) is 4.74 Å². The monoisotopic (exact) mass is 290 g/mol. The zero-order chi connectivity index (χ0) is 14.7. The smallest absolute Gasteiger partial charge is 0.218 e. The van der Waals surface area contributed by atoms with Gasteiger partial charge >= 0.3 is 0 Å². The van der Waals surface area contributed by atoms with Crippen molar-refractivity contribution in [2.45, 2.75) is 44.6 Å². The van der Waals surface area contributed by atoms with E-state index >= 15 is 0 Å². The normalized spacial score (nSPS) is 22.5. The highest BCUT2D eigenvalue weighted by Crippen LogP contribution is 2.38. The number of anilines is 1. The molecule has 1 aromatic rings. The van der Waals surface area contributed by atoms with Crippen molar-refractivity contribution in [1.82, 2.24) is 14.9 Å². The molecule has 3 heterocycles. The molecule has 0 bridgehead atoms. The van der Waals surface area contributed by atoms with Crippen LogP contribution in [0.5, 0.6) is 5.88 Å². The second kappa shape index (κ2) is 6.18. The second-order valence-corrected chi connectivity index (χ2v) is 6.17. The summed E-state index contributed by atoms with van der Waals surface area (Å²) < 4.78 is 5.20. The minimum atomic E-state index is 0.445. The summed E-state index contributed by atoms with van der Waals surface area (Å²) in [4.78, 5) is 13.6. The van der Waals surface area contributed by atoms with E-state index in [0.29, 0.717) is 11.4 Å². The van der Waals surface area contributed by atoms with Crippen LogP contribution in [0.15, 0.2) is 12.4 Å². The van der Waals surface area contributed by atoms with Crippen molar-refractivity contribution in [1.29, 1.82) is 0 Å². The Labute approximate surface area is 127 Å². The molecule has 2 aliphatic rings. The summed E-state index contributed by atoms with van der Waals surface area (Å²) in [7, 11) is 1.65. The number of hydrogen-bond donors (Lipinski definition) is 0. The lowest BCUT2D eigenvalue weighted by Crippen LogP contribution is -2.57. The zero-order valence-electron chi connectivity index (χ0n) is 13.2. The Bertz CT molecular complexity index is 471. The minimum Gasteiger partial charge on any atom is -0.481 e. The quantitative estimate of drug-likeness (QED) is 0.854. The second-order valence-electron chi connectivity index (χ2n) is 6.17. The lowest BCUT2D eigenvalue weighted by Gasteiger charge is -2.51. The van der Waals surface area contributed by atoms with E-state index in [1.165, 1.54) is 45.2 Å². The molecule has 0 unspecified atom stereocenters. The molecule has 5 nitrogen and oxygen atoms in total. The molecule has 0 aliphatic carbocycles. The van der Waals surface area contributed by atoms with Crippen LogP contribution >= 0.6 is 0 Å². The maximum atomic E-state index is 5.20. The van der Waals surface area contributed by atoms with Crippen molar-refractivity contribution in [2.24, 2.45) is 0 Å². The van der Waals surface area contributed by atoms with Gasteiger partial charge < -0.3 is 9.64 Å². The van der Waals surface area contributed by atoms with Crippen LogP contribution in [0.25, 0.3) is 0 Å². The standard InChI is InChI=1S/C16H26N4O/c1-3-20-9-5-4-6-16(20)7-10-19(11-8-16)14-12-15(21-2)18-13-17-14/h12-13H,3-11H2,1-2H3. The minimum absolute atomic E-state index is 0.445. The molecule has 2 fully saturated rings. The van der Waals surface area contributed by atoms with Gasteiger partial charge in [0, 0.05) is 24.7 Å². The highest BCUT2D eigenvalue weighted by atomic mass is 16.5. The molecule has 21 heavy (non-hydrogen) atoms. The van der Waals surface area contributed by atoms with Crippen LogP contribution in [0.1, 0.15) is 39.0 Å². The third-order valence-corrected chi connectivity index (χ3v) is 5.23. The van der Waals surface area contributed by atoms with Gasteiger partial charge in [-0.15, -0.1) is 0 Å². The number of methoxy groups -OCH3 is 1. The van der Waals surface area contributed by atoms with Gasteiger partial charge in [-0.05, 0) is 38.8 Å². The summed E-state index contributed by atoms with van der Waals surface area (Å²) in [6, 6.07) is 1.94. The zero-order valence-corrected chi connectivity index (χ0v) is 13.2. The highest BCUT2D eigenvalue weighted by molar-refractivity contribution is 5.41. The Balaban J connectivity index is 1.69. The largest absolute Gasteiger partial charge is 0.481 e. The van der Waals surface area contributed by atoms with Gasteiger partial charge in [0.15, 0.2) is 0 Å². The molecule has 0 aromatic carbocycles. The topological polar surface area (TPSA) is 41.5 Å². The molecule has 1 spiro atoms. The van der Waals surface area contributed by atoms with E-state index in [0.717, 1.165) is 18.9 Å². The summed E-state index contributed by atoms with van der Waals surface area (Å²) in [5.74, 6) is 1.64. The Kier molecular flexibility index (Phi) is 4.29. The first kappa shape index (κ1) is 14.6. The summed E-state index contributed by atoms with van der Waals surface area (Å²) in [5, 5.41) is 0. The molecule has 116 valence electrons. The number of piperidine rings is 2. The molecule has 0 radical (unpaired) electrons. The van der Waals surface area contributed by atoms with E-state index < -0.39 is 0 Å². The van der Waals surface area contributed by atoms with Gasteiger partial charge in [0.25, 0.3) is 0 Å². The molecule has 0 N–H and O–H groups in total. The Morgan fingerprint density at radius 2 is 1.95 bits per heavy atom. The van der Waals surface area contributed by atoms with E-state index in [-0.39, 0.29) is 0 Å². The number of likely N-dealkylation sites (tertiary alicyclic amines) is 1. The van der Waals surface area contributed by atoms with Crippen LogP contribution in [-0.4, -0.2) is 53.7 Å². The fourth-order valence-electron chi connectivity index (χ4n) is 3.98. The fraction of sp³-hybridized carbons (Fsp3) is 0.750. The van der Waals surface area contributed by atoms with Crippen molar-refractivity contribution in [3.05, 3.63) is 12.4 Å². The molecule has 2 aliphatic heterocycles. The molecule has 3 rings (SSSR count). The van der Waals surface area contributed by atoms with Crippen LogP contribution < -0.4 is 9.64 Å². The first-order valence-corrected chi connectivity index (χ1v) is 8.13. The molecule has 0 atom stereocenters. The SMILES string of the molecule is CCN1CCCCC12CCN(c1cc(OC)ncn1)CC2. The maximum Gasteiger partial charge on any atom is 0.218 e. The number of aromatic nitrogens is 2. The molecule has 1 aromatic heterocycles. The van der Waals surface area contributed by atoms with Gasteiger partial charge in [-0.1, -0.05) is 13.3 Å². The molecule has 0 amide bonds. The Hall–Kier alpha value is -1.36. The number of nitrogens with zero attached hydrogens (tertiary/aromatic N) is 4. The maximum absolute atomic E-state index is 5.20. The van der Waals surface area contributed by atoms with Crippen molar-refractivity contribution in [3.63, 3.8) is 0 Å². The Morgan fingerprint density at radius 1 is 1.14 bits per heavy atom. The lowest BCUT2D eigenvalue weighted by molar-refractivity contribution is 0.0300. The van der Waals surface area contributed by atoms with Gasteiger partial charge in [0.2, 0.25) is 5.88 Å². The summed E-state index contributed by atoms with van der Waals surface area (Å²) >= 11 is 0. The first-order valence-electron chi connectivity index (χ1n) is 8.13. The molecule has 2 saturated heterocycles. The fourth-order valence-corrected chi connectivity index (χ4v) is 3.98. The molecule has 5 heteroatoms. The average Bonchev–Trinajstić information content (AvgIpc) is 2.56. The highest BCUT2D eigenvalue weighted by Gasteiger charge is 2.40. The summed E-state index contributed by atoms with van der Waals surface area (Å²) in [5.41, 5.74) is 0.445. The predicted octanol–water partition coefficient (Wildman–Crippen LogP) is 2.33. The van der Waals surface area contributed by atoms with Gasteiger partial charge in [-0.2, -0.15) is 0 Å². The van der Waals surface area contributed by atoms with Crippen LogP contribution in [-0.2, 0) is 0 Å². The van der Waals surface area contributed by atoms with E-state index in [1.54, 1.807) is 13.4 Å².